The van der Waals surface area contributed by atoms with Gasteiger partial charge in [-0.2, -0.15) is 0 Å². The lowest BCUT2D eigenvalue weighted by atomic mass is 10.1. The van der Waals surface area contributed by atoms with Gasteiger partial charge in [0, 0.05) is 41.9 Å². The Bertz CT molecular complexity index is 1290. The minimum atomic E-state index is 0.560. The zero-order valence-corrected chi connectivity index (χ0v) is 20.5. The van der Waals surface area contributed by atoms with E-state index in [1.54, 1.807) is 39.8 Å². The summed E-state index contributed by atoms with van der Waals surface area (Å²) in [5, 5.41) is 2.10. The molecule has 0 fully saturated rings. The van der Waals surface area contributed by atoms with Gasteiger partial charge in [-0.05, 0) is 36.4 Å². The quantitative estimate of drug-likeness (QED) is 0.335. The highest BCUT2D eigenvalue weighted by atomic mass is 32.1. The molecule has 7 nitrogen and oxygen atoms in total. The minimum absolute atomic E-state index is 0.560. The standard InChI is InChI=1S/C26H27N3O4S/c1-30-21-10-7-9-20(16-21)28-26-29(13-11-19-8-5-6-12-27-19)22(17-34-26)18-14-23(31-2)25(33-4)24(15-18)32-3/h5-10,12,14-17H,11,13H2,1-4H3. The van der Waals surface area contributed by atoms with Crippen molar-refractivity contribution in [3.05, 3.63) is 76.7 Å². The van der Waals surface area contributed by atoms with Crippen LogP contribution in [0.5, 0.6) is 23.0 Å². The lowest BCUT2D eigenvalue weighted by Crippen LogP contribution is -2.17. The van der Waals surface area contributed by atoms with Crippen LogP contribution in [0.25, 0.3) is 11.3 Å². The molecule has 34 heavy (non-hydrogen) atoms. The molecule has 2 aromatic heterocycles. The molecule has 0 radical (unpaired) electrons. The monoisotopic (exact) mass is 477 g/mol. The summed E-state index contributed by atoms with van der Waals surface area (Å²) in [7, 11) is 6.49. The van der Waals surface area contributed by atoms with Crippen LogP contribution in [0, 0.1) is 0 Å². The first kappa shape index (κ1) is 23.4. The Hall–Kier alpha value is -3.78. The van der Waals surface area contributed by atoms with Gasteiger partial charge >= 0.3 is 0 Å². The Morgan fingerprint density at radius 3 is 2.32 bits per heavy atom. The number of hydrogen-bond donors (Lipinski definition) is 0. The lowest BCUT2D eigenvalue weighted by molar-refractivity contribution is 0.324. The summed E-state index contributed by atoms with van der Waals surface area (Å²) in [5.74, 6) is 2.53. The van der Waals surface area contributed by atoms with Gasteiger partial charge in [0.15, 0.2) is 16.3 Å². The number of aromatic nitrogens is 2. The van der Waals surface area contributed by atoms with E-state index in [0.29, 0.717) is 23.8 Å². The molecule has 0 N–H and O–H groups in total. The van der Waals surface area contributed by atoms with E-state index in [9.17, 15) is 0 Å². The summed E-state index contributed by atoms with van der Waals surface area (Å²) in [6, 6.07) is 17.6. The van der Waals surface area contributed by atoms with Crippen LogP contribution in [0.15, 0.2) is 71.2 Å². The Kier molecular flexibility index (Phi) is 7.49. The van der Waals surface area contributed by atoms with Crippen molar-refractivity contribution in [3.8, 4) is 34.3 Å². The SMILES string of the molecule is COc1cccc(N=c2scc(-c3cc(OC)c(OC)c(OC)c3)n2CCc2ccccn2)c1. The molecule has 2 aromatic carbocycles. The molecule has 4 rings (SSSR count). The number of benzene rings is 2. The Morgan fingerprint density at radius 2 is 1.68 bits per heavy atom. The summed E-state index contributed by atoms with van der Waals surface area (Å²) in [5.41, 5.74) is 3.79. The van der Waals surface area contributed by atoms with Crippen molar-refractivity contribution in [2.75, 3.05) is 28.4 Å². The van der Waals surface area contributed by atoms with Crippen molar-refractivity contribution >= 4 is 17.0 Å². The number of rotatable bonds is 9. The third-order valence-corrected chi connectivity index (χ3v) is 6.22. The van der Waals surface area contributed by atoms with Gasteiger partial charge in [-0.25, -0.2) is 4.99 Å². The van der Waals surface area contributed by atoms with Gasteiger partial charge in [-0.1, -0.05) is 12.1 Å². The van der Waals surface area contributed by atoms with E-state index < -0.39 is 0 Å². The predicted molar refractivity (Wildman–Crippen MR) is 134 cm³/mol. The fourth-order valence-corrected chi connectivity index (χ4v) is 4.61. The number of methoxy groups -OCH3 is 4. The van der Waals surface area contributed by atoms with Crippen LogP contribution in [0.4, 0.5) is 5.69 Å². The number of nitrogens with zero attached hydrogens (tertiary/aromatic N) is 3. The Morgan fingerprint density at radius 1 is 0.882 bits per heavy atom. The van der Waals surface area contributed by atoms with E-state index >= 15 is 0 Å². The zero-order valence-electron chi connectivity index (χ0n) is 19.6. The number of hydrogen-bond acceptors (Lipinski definition) is 7. The lowest BCUT2D eigenvalue weighted by Gasteiger charge is -2.15. The first-order valence-corrected chi connectivity index (χ1v) is 11.6. The molecule has 0 unspecified atom stereocenters. The first-order chi connectivity index (χ1) is 16.7. The zero-order chi connectivity index (χ0) is 23.9. The van der Waals surface area contributed by atoms with Crippen LogP contribution < -0.4 is 23.7 Å². The van der Waals surface area contributed by atoms with E-state index in [4.69, 9.17) is 23.9 Å². The third kappa shape index (κ3) is 5.07. The molecule has 0 saturated carbocycles. The fraction of sp³-hybridized carbons (Fsp3) is 0.231. The molecule has 4 aromatic rings. The summed E-state index contributed by atoms with van der Waals surface area (Å²) < 4.78 is 24.2. The summed E-state index contributed by atoms with van der Waals surface area (Å²) >= 11 is 1.57. The normalized spacial score (nSPS) is 11.4. The average Bonchev–Trinajstić information content (AvgIpc) is 3.29. The van der Waals surface area contributed by atoms with E-state index in [1.165, 1.54) is 0 Å². The first-order valence-electron chi connectivity index (χ1n) is 10.7. The van der Waals surface area contributed by atoms with E-state index in [-0.39, 0.29) is 0 Å². The maximum absolute atomic E-state index is 5.58. The van der Waals surface area contributed by atoms with Crippen molar-refractivity contribution in [3.63, 3.8) is 0 Å². The molecule has 0 aliphatic heterocycles. The Labute approximate surface area is 202 Å². The largest absolute Gasteiger partial charge is 0.497 e. The summed E-state index contributed by atoms with van der Waals surface area (Å²) in [6.45, 7) is 0.704. The molecule has 0 saturated heterocycles. The molecular weight excluding hydrogens is 450 g/mol. The smallest absolute Gasteiger partial charge is 0.203 e. The van der Waals surface area contributed by atoms with Crippen LogP contribution in [-0.2, 0) is 13.0 Å². The molecule has 2 heterocycles. The van der Waals surface area contributed by atoms with Crippen LogP contribution in [0.1, 0.15) is 5.69 Å². The second-order valence-corrected chi connectivity index (χ2v) is 8.19. The van der Waals surface area contributed by atoms with Gasteiger partial charge in [0.1, 0.15) is 5.75 Å². The maximum Gasteiger partial charge on any atom is 0.203 e. The fourth-order valence-electron chi connectivity index (χ4n) is 3.66. The summed E-state index contributed by atoms with van der Waals surface area (Å²) in [4.78, 5) is 10.3. The van der Waals surface area contributed by atoms with Crippen molar-refractivity contribution in [1.82, 2.24) is 9.55 Å². The van der Waals surface area contributed by atoms with Crippen molar-refractivity contribution < 1.29 is 18.9 Å². The van der Waals surface area contributed by atoms with Gasteiger partial charge < -0.3 is 23.5 Å². The van der Waals surface area contributed by atoms with Gasteiger partial charge in [-0.15, -0.1) is 11.3 Å². The van der Waals surface area contributed by atoms with E-state index in [0.717, 1.165) is 39.6 Å². The minimum Gasteiger partial charge on any atom is -0.497 e. The van der Waals surface area contributed by atoms with Crippen LogP contribution in [0.3, 0.4) is 0 Å². The summed E-state index contributed by atoms with van der Waals surface area (Å²) in [6.07, 6.45) is 2.58. The molecule has 8 heteroatoms. The predicted octanol–water partition coefficient (Wildman–Crippen LogP) is 5.12. The second kappa shape index (κ2) is 10.9. The molecule has 0 atom stereocenters. The molecule has 176 valence electrons. The number of pyridine rings is 1. The topological polar surface area (TPSA) is 67.1 Å². The van der Waals surface area contributed by atoms with Gasteiger partial charge in [-0.3, -0.25) is 4.98 Å². The maximum atomic E-state index is 5.58. The second-order valence-electron chi connectivity index (χ2n) is 7.35. The molecular formula is C26H27N3O4S. The number of aryl methyl sites for hydroxylation is 1. The van der Waals surface area contributed by atoms with Gasteiger partial charge in [0.25, 0.3) is 0 Å². The molecule has 0 aliphatic carbocycles. The van der Waals surface area contributed by atoms with Crippen molar-refractivity contribution in [2.24, 2.45) is 4.99 Å². The van der Waals surface area contributed by atoms with Crippen molar-refractivity contribution in [1.29, 1.82) is 0 Å². The molecule has 0 amide bonds. The average molecular weight is 478 g/mol. The van der Waals surface area contributed by atoms with Gasteiger partial charge in [0.2, 0.25) is 5.75 Å². The number of thiazole rings is 1. The highest BCUT2D eigenvalue weighted by Crippen LogP contribution is 2.41. The van der Waals surface area contributed by atoms with Crippen molar-refractivity contribution in [2.45, 2.75) is 13.0 Å². The molecule has 0 aliphatic rings. The van der Waals surface area contributed by atoms with Gasteiger partial charge in [0.05, 0.1) is 39.8 Å². The third-order valence-electron chi connectivity index (χ3n) is 5.35. The van der Waals surface area contributed by atoms with E-state index in [2.05, 4.69) is 14.9 Å². The highest BCUT2D eigenvalue weighted by molar-refractivity contribution is 7.07. The van der Waals surface area contributed by atoms with Crippen LogP contribution in [-0.4, -0.2) is 38.0 Å². The molecule has 0 bridgehead atoms. The van der Waals surface area contributed by atoms with E-state index in [1.807, 2.05) is 60.8 Å². The van der Waals surface area contributed by atoms with Crippen LogP contribution >= 0.6 is 11.3 Å². The van der Waals surface area contributed by atoms with Crippen LogP contribution in [0.2, 0.25) is 0 Å². The highest BCUT2D eigenvalue weighted by Gasteiger charge is 2.17. The Balaban J connectivity index is 1.83. The number of ether oxygens (including phenoxy) is 4. The molecule has 0 spiro atoms.